The van der Waals surface area contributed by atoms with Gasteiger partial charge in [0.15, 0.2) is 0 Å². The highest BCUT2D eigenvalue weighted by Gasteiger charge is 2.39. The van der Waals surface area contributed by atoms with E-state index in [1.165, 1.54) is 18.2 Å². The quantitative estimate of drug-likeness (QED) is 0.359. The smallest absolute Gasteiger partial charge is 0.283 e. The number of carbonyl (C=O) groups is 3. The molecule has 0 fully saturated rings. The number of rotatable bonds is 5. The molecule has 1 heterocycles. The minimum absolute atomic E-state index is 0.105. The highest BCUT2D eigenvalue weighted by molar-refractivity contribution is 6.54. The zero-order valence-electron chi connectivity index (χ0n) is 17.5. The van der Waals surface area contributed by atoms with Gasteiger partial charge in [-0.25, -0.2) is 4.90 Å². The second kappa shape index (κ2) is 9.68. The molecular weight excluding hydrogens is 520 g/mol. The molecule has 0 spiro atoms. The van der Waals surface area contributed by atoms with Crippen molar-refractivity contribution in [1.82, 2.24) is 0 Å². The monoisotopic (exact) mass is 533 g/mol. The summed E-state index contributed by atoms with van der Waals surface area (Å²) in [5.74, 6) is -1.70. The molecule has 34 heavy (non-hydrogen) atoms. The van der Waals surface area contributed by atoms with Crippen LogP contribution >= 0.6 is 46.4 Å². The lowest BCUT2D eigenvalue weighted by Gasteiger charge is -2.16. The third-order valence-electron chi connectivity index (χ3n) is 5.03. The van der Waals surface area contributed by atoms with Crippen molar-refractivity contribution in [1.29, 1.82) is 0 Å². The van der Waals surface area contributed by atoms with Crippen molar-refractivity contribution in [3.8, 4) is 0 Å². The fraction of sp³-hybridized carbons (Fsp3) is 0.0417. The molecule has 0 radical (unpaired) electrons. The van der Waals surface area contributed by atoms with E-state index in [0.29, 0.717) is 27.0 Å². The minimum atomic E-state index is -0.715. The molecule has 172 valence electrons. The summed E-state index contributed by atoms with van der Waals surface area (Å²) in [5, 5.41) is 6.47. The highest BCUT2D eigenvalue weighted by Crippen LogP contribution is 2.35. The maximum atomic E-state index is 12.9. The Morgan fingerprint density at radius 1 is 0.824 bits per heavy atom. The summed E-state index contributed by atoms with van der Waals surface area (Å²) in [4.78, 5) is 39.0. The average molecular weight is 535 g/mol. The second-order valence-electron chi connectivity index (χ2n) is 7.35. The normalized spacial score (nSPS) is 13.5. The number of halogens is 4. The predicted molar refractivity (Wildman–Crippen MR) is 136 cm³/mol. The Labute approximate surface area is 215 Å². The summed E-state index contributed by atoms with van der Waals surface area (Å²) in [6, 6.07) is 15.9. The molecule has 0 atom stereocenters. The molecule has 1 aliphatic heterocycles. The Morgan fingerprint density at radius 2 is 1.47 bits per heavy atom. The van der Waals surface area contributed by atoms with Crippen molar-refractivity contribution in [2.75, 3.05) is 15.5 Å². The van der Waals surface area contributed by atoms with E-state index in [0.717, 1.165) is 10.5 Å². The fourth-order valence-electron chi connectivity index (χ4n) is 3.30. The minimum Gasteiger partial charge on any atom is -0.350 e. The molecule has 3 aromatic rings. The van der Waals surface area contributed by atoms with Crippen LogP contribution < -0.4 is 15.5 Å². The van der Waals surface area contributed by atoms with Crippen LogP contribution in [-0.4, -0.2) is 17.7 Å². The summed E-state index contributed by atoms with van der Waals surface area (Å²) >= 11 is 24.2. The molecule has 0 bridgehead atoms. The van der Waals surface area contributed by atoms with Crippen LogP contribution in [0.15, 0.2) is 71.4 Å². The number of carbonyl (C=O) groups excluding carboxylic acids is 3. The van der Waals surface area contributed by atoms with Crippen molar-refractivity contribution in [2.45, 2.75) is 6.92 Å². The average Bonchev–Trinajstić information content (AvgIpc) is 2.99. The van der Waals surface area contributed by atoms with Crippen LogP contribution in [0.5, 0.6) is 0 Å². The summed E-state index contributed by atoms with van der Waals surface area (Å²) < 4.78 is 0. The molecule has 0 aromatic heterocycles. The molecule has 4 rings (SSSR count). The lowest BCUT2D eigenvalue weighted by atomic mass is 10.1. The van der Waals surface area contributed by atoms with Gasteiger partial charge in [0.1, 0.15) is 10.7 Å². The van der Waals surface area contributed by atoms with Gasteiger partial charge in [-0.15, -0.1) is 0 Å². The number of anilines is 3. The van der Waals surface area contributed by atoms with Crippen LogP contribution in [0.3, 0.4) is 0 Å². The van der Waals surface area contributed by atoms with Crippen LogP contribution in [0.1, 0.15) is 15.9 Å². The first kappa shape index (κ1) is 24.1. The number of nitrogens with zero attached hydrogens (tertiary/aromatic N) is 1. The van der Waals surface area contributed by atoms with Gasteiger partial charge in [-0.1, -0.05) is 46.4 Å². The van der Waals surface area contributed by atoms with Crippen molar-refractivity contribution in [3.05, 3.63) is 97.6 Å². The van der Waals surface area contributed by atoms with E-state index in [-0.39, 0.29) is 27.3 Å². The number of imide groups is 1. The largest absolute Gasteiger partial charge is 0.350 e. The Hall–Kier alpha value is -3.03. The van der Waals surface area contributed by atoms with Crippen molar-refractivity contribution in [2.24, 2.45) is 0 Å². The van der Waals surface area contributed by atoms with E-state index in [2.05, 4.69) is 10.6 Å². The second-order valence-corrected chi connectivity index (χ2v) is 9.00. The molecule has 3 amide bonds. The molecule has 0 aliphatic carbocycles. The number of hydrogen-bond donors (Lipinski definition) is 2. The predicted octanol–water partition coefficient (Wildman–Crippen LogP) is 6.64. The summed E-state index contributed by atoms with van der Waals surface area (Å²) in [6.45, 7) is 1.84. The van der Waals surface area contributed by atoms with Crippen LogP contribution in [0.2, 0.25) is 15.1 Å². The molecule has 6 nitrogen and oxygen atoms in total. The first-order chi connectivity index (χ1) is 16.2. The Balaban J connectivity index is 1.50. The van der Waals surface area contributed by atoms with Crippen LogP contribution in [0.4, 0.5) is 17.1 Å². The Bertz CT molecular complexity index is 1370. The van der Waals surface area contributed by atoms with E-state index in [9.17, 15) is 14.4 Å². The van der Waals surface area contributed by atoms with Gasteiger partial charge in [-0.3, -0.25) is 14.4 Å². The van der Waals surface area contributed by atoms with Gasteiger partial charge in [0.2, 0.25) is 0 Å². The third kappa shape index (κ3) is 4.76. The van der Waals surface area contributed by atoms with Gasteiger partial charge in [0.25, 0.3) is 17.7 Å². The van der Waals surface area contributed by atoms with E-state index in [1.54, 1.807) is 42.5 Å². The number of amides is 3. The fourth-order valence-corrected chi connectivity index (χ4v) is 4.24. The maximum absolute atomic E-state index is 12.9. The van der Waals surface area contributed by atoms with Crippen LogP contribution in [0, 0.1) is 6.92 Å². The van der Waals surface area contributed by atoms with Gasteiger partial charge in [0, 0.05) is 27.0 Å². The standard InChI is InChI=1S/C24H15Cl4N3O3/c1-12-10-14(25)4-8-18(12)30-22(32)13-2-6-16(7-3-13)29-21-20(28)23(33)31(24(21)34)19-9-5-15(26)11-17(19)27/h2-11,29H,1H3,(H,30,32). The van der Waals surface area contributed by atoms with E-state index >= 15 is 0 Å². The molecular formula is C24H15Cl4N3O3. The van der Waals surface area contributed by atoms with Crippen LogP contribution in [0.25, 0.3) is 0 Å². The van der Waals surface area contributed by atoms with Crippen molar-refractivity contribution < 1.29 is 14.4 Å². The Morgan fingerprint density at radius 3 is 2.12 bits per heavy atom. The molecule has 10 heteroatoms. The lowest BCUT2D eigenvalue weighted by molar-refractivity contribution is -0.120. The number of nitrogens with one attached hydrogen (secondary N) is 2. The lowest BCUT2D eigenvalue weighted by Crippen LogP contribution is -2.32. The van der Waals surface area contributed by atoms with E-state index in [4.69, 9.17) is 46.4 Å². The number of hydrogen-bond acceptors (Lipinski definition) is 4. The first-order valence-electron chi connectivity index (χ1n) is 9.84. The van der Waals surface area contributed by atoms with Gasteiger partial charge >= 0.3 is 0 Å². The van der Waals surface area contributed by atoms with Gasteiger partial charge in [-0.05, 0) is 73.2 Å². The third-order valence-corrected chi connectivity index (χ3v) is 6.15. The zero-order chi connectivity index (χ0) is 24.6. The van der Waals surface area contributed by atoms with Crippen molar-refractivity contribution in [3.63, 3.8) is 0 Å². The summed E-state index contributed by atoms with van der Waals surface area (Å²) in [7, 11) is 0. The van der Waals surface area contributed by atoms with Gasteiger partial charge < -0.3 is 10.6 Å². The molecule has 1 aliphatic rings. The number of benzene rings is 3. The molecule has 3 aromatic carbocycles. The maximum Gasteiger partial charge on any atom is 0.283 e. The highest BCUT2D eigenvalue weighted by atomic mass is 35.5. The molecule has 0 saturated heterocycles. The molecule has 0 unspecified atom stereocenters. The van der Waals surface area contributed by atoms with Crippen LogP contribution in [-0.2, 0) is 9.59 Å². The topological polar surface area (TPSA) is 78.5 Å². The van der Waals surface area contributed by atoms with E-state index < -0.39 is 11.8 Å². The Kier molecular flexibility index (Phi) is 6.86. The van der Waals surface area contributed by atoms with E-state index in [1.807, 2.05) is 6.92 Å². The SMILES string of the molecule is Cc1cc(Cl)ccc1NC(=O)c1ccc(NC2=C(Cl)C(=O)N(c3ccc(Cl)cc3Cl)C2=O)cc1. The number of aryl methyl sites for hydroxylation is 1. The molecule has 0 saturated carbocycles. The summed E-state index contributed by atoms with van der Waals surface area (Å²) in [6.07, 6.45) is 0. The summed E-state index contributed by atoms with van der Waals surface area (Å²) in [5.41, 5.74) is 2.38. The van der Waals surface area contributed by atoms with Crippen molar-refractivity contribution >= 4 is 81.2 Å². The molecule has 2 N–H and O–H groups in total. The van der Waals surface area contributed by atoms with Gasteiger partial charge in [0.05, 0.1) is 10.7 Å². The first-order valence-corrected chi connectivity index (χ1v) is 11.3. The zero-order valence-corrected chi connectivity index (χ0v) is 20.5. The van der Waals surface area contributed by atoms with Gasteiger partial charge in [-0.2, -0.15) is 0 Å².